The number of carbonyl (C=O) groups is 1. The number of nitrogens with one attached hydrogen (secondary N) is 3. The van der Waals surface area contributed by atoms with Crippen LogP contribution in [0.15, 0.2) is 52.4 Å². The van der Waals surface area contributed by atoms with Crippen LogP contribution in [0, 0.1) is 13.8 Å². The molecule has 0 heterocycles. The molecule has 0 aliphatic carbocycles. The van der Waals surface area contributed by atoms with Gasteiger partial charge in [-0.25, -0.2) is 13.4 Å². The third kappa shape index (κ3) is 8.86. The van der Waals surface area contributed by atoms with Crippen LogP contribution in [-0.4, -0.2) is 46.2 Å². The molecule has 0 fully saturated rings. The van der Waals surface area contributed by atoms with Crippen molar-refractivity contribution in [2.45, 2.75) is 32.2 Å². The summed E-state index contributed by atoms with van der Waals surface area (Å²) in [5.41, 5.74) is 3.32. The second-order valence-electron chi connectivity index (χ2n) is 7.12. The Hall–Kier alpha value is -2.14. The molecule has 0 aliphatic heterocycles. The van der Waals surface area contributed by atoms with Crippen molar-refractivity contribution >= 4 is 45.7 Å². The number of nitrogens with zero attached hydrogens (tertiary/aromatic N) is 1. The number of hydrogen-bond donors (Lipinski definition) is 3. The van der Waals surface area contributed by atoms with E-state index in [0.717, 1.165) is 11.1 Å². The Morgan fingerprint density at radius 2 is 1.71 bits per heavy atom. The van der Waals surface area contributed by atoms with Crippen LogP contribution in [0.25, 0.3) is 0 Å². The van der Waals surface area contributed by atoms with Gasteiger partial charge < -0.3 is 16.0 Å². The summed E-state index contributed by atoms with van der Waals surface area (Å²) in [7, 11) is -3.23. The van der Waals surface area contributed by atoms with Crippen molar-refractivity contribution < 1.29 is 13.2 Å². The topological polar surface area (TPSA) is 99.7 Å². The second kappa shape index (κ2) is 12.7. The minimum absolute atomic E-state index is 0. The number of amides is 1. The fourth-order valence-corrected chi connectivity index (χ4v) is 3.94. The molecule has 9 heteroatoms. The van der Waals surface area contributed by atoms with Crippen molar-refractivity contribution in [3.05, 3.63) is 64.7 Å². The van der Waals surface area contributed by atoms with Gasteiger partial charge in [0.05, 0.1) is 11.4 Å². The van der Waals surface area contributed by atoms with Gasteiger partial charge in [-0.05, 0) is 50.1 Å². The maximum absolute atomic E-state index is 12.2. The average molecular weight is 558 g/mol. The van der Waals surface area contributed by atoms with E-state index in [-0.39, 0.29) is 29.9 Å². The van der Waals surface area contributed by atoms with Gasteiger partial charge in [0.2, 0.25) is 0 Å². The Balaban J connectivity index is 0.00000480. The number of halogens is 1. The van der Waals surface area contributed by atoms with Crippen LogP contribution in [0.3, 0.4) is 0 Å². The van der Waals surface area contributed by atoms with Crippen molar-refractivity contribution in [3.63, 3.8) is 0 Å². The highest BCUT2D eigenvalue weighted by molar-refractivity contribution is 14.0. The van der Waals surface area contributed by atoms with Gasteiger partial charge in [-0.1, -0.05) is 29.8 Å². The summed E-state index contributed by atoms with van der Waals surface area (Å²) in [6, 6.07) is 12.7. The third-order valence-corrected chi connectivity index (χ3v) is 5.64. The first-order valence-electron chi connectivity index (χ1n) is 9.87. The number of rotatable bonds is 8. The summed E-state index contributed by atoms with van der Waals surface area (Å²) in [5, 5.41) is 9.23. The Morgan fingerprint density at radius 1 is 1.00 bits per heavy atom. The lowest BCUT2D eigenvalue weighted by Gasteiger charge is -2.12. The molecule has 0 saturated heterocycles. The lowest BCUT2D eigenvalue weighted by Crippen LogP contribution is -2.41. The number of guanidine groups is 1. The van der Waals surface area contributed by atoms with E-state index < -0.39 is 9.84 Å². The summed E-state index contributed by atoms with van der Waals surface area (Å²) in [5.74, 6) is 0.524. The number of aliphatic imine (C=N–C) groups is 1. The highest BCUT2D eigenvalue weighted by atomic mass is 127. The van der Waals surface area contributed by atoms with E-state index in [1.165, 1.54) is 6.26 Å². The van der Waals surface area contributed by atoms with Crippen LogP contribution < -0.4 is 16.0 Å². The highest BCUT2D eigenvalue weighted by Gasteiger charge is 2.11. The van der Waals surface area contributed by atoms with E-state index in [0.29, 0.717) is 48.2 Å². The van der Waals surface area contributed by atoms with Crippen molar-refractivity contribution in [2.75, 3.05) is 25.9 Å². The molecule has 1 amide bonds. The average Bonchev–Trinajstić information content (AvgIpc) is 2.68. The molecule has 170 valence electrons. The minimum Gasteiger partial charge on any atom is -0.357 e. The Labute approximate surface area is 202 Å². The summed E-state index contributed by atoms with van der Waals surface area (Å²) >= 11 is 0. The number of carbonyl (C=O) groups excluding carboxylic acids is 1. The van der Waals surface area contributed by atoms with Gasteiger partial charge in [-0.15, -0.1) is 24.0 Å². The molecule has 2 aromatic carbocycles. The normalized spacial score (nSPS) is 11.4. The number of hydrogen-bond acceptors (Lipinski definition) is 4. The van der Waals surface area contributed by atoms with Crippen LogP contribution in [0.5, 0.6) is 0 Å². The van der Waals surface area contributed by atoms with Crippen LogP contribution in [0.2, 0.25) is 0 Å². The zero-order chi connectivity index (χ0) is 22.1. The fraction of sp³-hybridized carbons (Fsp3) is 0.364. The van der Waals surface area contributed by atoms with Gasteiger partial charge in [-0.2, -0.15) is 0 Å². The molecule has 31 heavy (non-hydrogen) atoms. The lowest BCUT2D eigenvalue weighted by molar-refractivity contribution is 0.0954. The molecule has 7 nitrogen and oxygen atoms in total. The summed E-state index contributed by atoms with van der Waals surface area (Å²) in [6.07, 6.45) is 1.21. The summed E-state index contributed by atoms with van der Waals surface area (Å²) in [4.78, 5) is 17.1. The Morgan fingerprint density at radius 3 is 2.32 bits per heavy atom. The molecule has 0 atom stereocenters. The molecule has 0 radical (unpaired) electrons. The van der Waals surface area contributed by atoms with E-state index in [1.54, 1.807) is 25.1 Å². The van der Waals surface area contributed by atoms with Gasteiger partial charge in [0.25, 0.3) is 5.91 Å². The predicted molar refractivity (Wildman–Crippen MR) is 136 cm³/mol. The molecule has 3 N–H and O–H groups in total. The first-order valence-corrected chi connectivity index (χ1v) is 11.8. The first-order chi connectivity index (χ1) is 14.2. The number of aryl methyl sites for hydroxylation is 2. The largest absolute Gasteiger partial charge is 0.357 e. The van der Waals surface area contributed by atoms with Gasteiger partial charge in [-0.3, -0.25) is 4.79 Å². The monoisotopic (exact) mass is 558 g/mol. The third-order valence-electron chi connectivity index (χ3n) is 4.39. The van der Waals surface area contributed by atoms with Crippen LogP contribution in [0.1, 0.15) is 34.0 Å². The second-order valence-corrected chi connectivity index (χ2v) is 9.10. The quantitative estimate of drug-likeness (QED) is 0.200. The SMILES string of the molecule is CCNC(=NCc1ccc(S(C)(=O)=O)c(C)c1)NCCNC(=O)c1cccc(C)c1.I. The summed E-state index contributed by atoms with van der Waals surface area (Å²) in [6.45, 7) is 7.80. The van der Waals surface area contributed by atoms with E-state index in [1.807, 2.05) is 38.1 Å². The molecule has 0 aliphatic rings. The van der Waals surface area contributed by atoms with Gasteiger partial charge in [0.15, 0.2) is 15.8 Å². The van der Waals surface area contributed by atoms with Gasteiger partial charge in [0, 0.05) is 31.5 Å². The van der Waals surface area contributed by atoms with Crippen molar-refractivity contribution in [3.8, 4) is 0 Å². The van der Waals surface area contributed by atoms with Crippen molar-refractivity contribution in [1.82, 2.24) is 16.0 Å². The van der Waals surface area contributed by atoms with Gasteiger partial charge in [0.1, 0.15) is 0 Å². The molecule has 2 aromatic rings. The Kier molecular flexibility index (Phi) is 11.0. The molecule has 2 rings (SSSR count). The van der Waals surface area contributed by atoms with E-state index in [9.17, 15) is 13.2 Å². The standard InChI is InChI=1S/C22H30N4O3S.HI/c1-5-23-22(25-12-11-24-21(27)19-8-6-7-16(2)13-19)26-15-18-9-10-20(17(3)14-18)30(4,28)29;/h6-10,13-14H,5,11-12,15H2,1-4H3,(H,24,27)(H2,23,25,26);1H. The van der Waals surface area contributed by atoms with E-state index >= 15 is 0 Å². The smallest absolute Gasteiger partial charge is 0.251 e. The fourth-order valence-electron chi connectivity index (χ4n) is 2.98. The molecule has 0 unspecified atom stereocenters. The van der Waals surface area contributed by atoms with Crippen LogP contribution >= 0.6 is 24.0 Å². The predicted octanol–water partition coefficient (Wildman–Crippen LogP) is 2.81. The van der Waals surface area contributed by atoms with Crippen molar-refractivity contribution in [2.24, 2.45) is 4.99 Å². The van der Waals surface area contributed by atoms with E-state index in [4.69, 9.17) is 0 Å². The highest BCUT2D eigenvalue weighted by Crippen LogP contribution is 2.17. The Bertz CT molecular complexity index is 1020. The molecule has 0 bridgehead atoms. The number of benzene rings is 2. The molecule has 0 saturated carbocycles. The zero-order valence-electron chi connectivity index (χ0n) is 18.4. The zero-order valence-corrected chi connectivity index (χ0v) is 21.5. The van der Waals surface area contributed by atoms with Crippen LogP contribution in [0.4, 0.5) is 0 Å². The maximum atomic E-state index is 12.2. The molecular weight excluding hydrogens is 527 g/mol. The lowest BCUT2D eigenvalue weighted by atomic mass is 10.1. The van der Waals surface area contributed by atoms with Gasteiger partial charge >= 0.3 is 0 Å². The minimum atomic E-state index is -3.23. The van der Waals surface area contributed by atoms with Crippen LogP contribution in [-0.2, 0) is 16.4 Å². The first kappa shape index (κ1) is 26.9. The summed E-state index contributed by atoms with van der Waals surface area (Å²) < 4.78 is 23.5. The molecule has 0 aromatic heterocycles. The maximum Gasteiger partial charge on any atom is 0.251 e. The molecular formula is C22H31IN4O3S. The van der Waals surface area contributed by atoms with E-state index in [2.05, 4.69) is 20.9 Å². The molecule has 0 spiro atoms. The number of sulfone groups is 1. The van der Waals surface area contributed by atoms with Crippen molar-refractivity contribution in [1.29, 1.82) is 0 Å².